The summed E-state index contributed by atoms with van der Waals surface area (Å²) in [6, 6.07) is 10.7. The molecule has 1 aromatic rings. The summed E-state index contributed by atoms with van der Waals surface area (Å²) < 4.78 is 5.29. The van der Waals surface area contributed by atoms with Crippen molar-refractivity contribution in [2.45, 2.75) is 11.8 Å². The van der Waals surface area contributed by atoms with Gasteiger partial charge in [-0.1, -0.05) is 30.3 Å². The number of benzene rings is 1. The van der Waals surface area contributed by atoms with E-state index >= 15 is 0 Å². The van der Waals surface area contributed by atoms with E-state index in [9.17, 15) is 0 Å². The summed E-state index contributed by atoms with van der Waals surface area (Å²) in [5, 5.41) is 0. The van der Waals surface area contributed by atoms with Gasteiger partial charge in [0.25, 0.3) is 0 Å². The molecule has 0 aromatic heterocycles. The van der Waals surface area contributed by atoms with Crippen molar-refractivity contribution in [3.05, 3.63) is 48.2 Å². The highest BCUT2D eigenvalue weighted by Crippen LogP contribution is 2.56. The van der Waals surface area contributed by atoms with Gasteiger partial charge in [0, 0.05) is 11.3 Å². The number of hydrogen-bond donors (Lipinski definition) is 0. The minimum Gasteiger partial charge on any atom is -0.501 e. The molecule has 0 amide bonds. The Balaban J connectivity index is 2.02. The van der Waals surface area contributed by atoms with Crippen molar-refractivity contribution in [2.75, 3.05) is 6.61 Å². The van der Waals surface area contributed by atoms with Crippen LogP contribution in [0.5, 0.6) is 0 Å². The summed E-state index contributed by atoms with van der Waals surface area (Å²) in [4.78, 5) is 0. The van der Waals surface area contributed by atoms with Crippen LogP contribution in [0.15, 0.2) is 42.7 Å². The van der Waals surface area contributed by atoms with Crippen LogP contribution in [-0.2, 0) is 10.2 Å². The Morgan fingerprint density at radius 1 is 1.23 bits per heavy atom. The molecule has 1 aliphatic heterocycles. The molecule has 1 aliphatic carbocycles. The van der Waals surface area contributed by atoms with Crippen molar-refractivity contribution in [1.29, 1.82) is 0 Å². The highest BCUT2D eigenvalue weighted by molar-refractivity contribution is 5.40. The van der Waals surface area contributed by atoms with Crippen molar-refractivity contribution in [3.63, 3.8) is 0 Å². The van der Waals surface area contributed by atoms with Gasteiger partial charge >= 0.3 is 0 Å². The molecule has 13 heavy (non-hydrogen) atoms. The molecule has 0 radical (unpaired) electrons. The fourth-order valence-corrected chi connectivity index (χ4v) is 2.30. The number of rotatable bonds is 1. The van der Waals surface area contributed by atoms with Gasteiger partial charge in [0.2, 0.25) is 0 Å². The van der Waals surface area contributed by atoms with E-state index in [0.717, 1.165) is 12.5 Å². The van der Waals surface area contributed by atoms with Gasteiger partial charge in [-0.3, -0.25) is 0 Å². The molecule has 1 heterocycles. The first-order valence-electron chi connectivity index (χ1n) is 4.77. The second kappa shape index (κ2) is 2.38. The second-order valence-electron chi connectivity index (χ2n) is 3.94. The van der Waals surface area contributed by atoms with Crippen LogP contribution in [-0.4, -0.2) is 6.61 Å². The minimum atomic E-state index is 0.333. The molecule has 66 valence electrons. The lowest BCUT2D eigenvalue weighted by molar-refractivity contribution is 0.213. The Morgan fingerprint density at radius 2 is 2.08 bits per heavy atom. The number of ether oxygens (including phenoxy) is 1. The SMILES string of the molecule is C1=C[C@]2(c3ccccc3)C[C@@H]2CO1. The van der Waals surface area contributed by atoms with Gasteiger partial charge < -0.3 is 4.74 Å². The summed E-state index contributed by atoms with van der Waals surface area (Å²) in [6.45, 7) is 0.894. The Morgan fingerprint density at radius 3 is 2.85 bits per heavy atom. The lowest BCUT2D eigenvalue weighted by Gasteiger charge is -2.17. The molecule has 2 atom stereocenters. The molecule has 1 nitrogen and oxygen atoms in total. The van der Waals surface area contributed by atoms with E-state index < -0.39 is 0 Å². The van der Waals surface area contributed by atoms with Crippen molar-refractivity contribution < 1.29 is 4.74 Å². The van der Waals surface area contributed by atoms with Crippen LogP contribution >= 0.6 is 0 Å². The molecule has 1 heteroatoms. The first-order valence-corrected chi connectivity index (χ1v) is 4.77. The molecule has 1 saturated carbocycles. The zero-order valence-electron chi connectivity index (χ0n) is 7.44. The maximum atomic E-state index is 5.29. The molecule has 3 rings (SSSR count). The summed E-state index contributed by atoms with van der Waals surface area (Å²) in [7, 11) is 0. The van der Waals surface area contributed by atoms with Crippen LogP contribution in [0.3, 0.4) is 0 Å². The molecule has 0 spiro atoms. The van der Waals surface area contributed by atoms with E-state index in [0.29, 0.717) is 5.41 Å². The first-order chi connectivity index (χ1) is 6.42. The number of hydrogen-bond acceptors (Lipinski definition) is 1. The lowest BCUT2D eigenvalue weighted by Crippen LogP contribution is -2.13. The molecule has 2 aliphatic rings. The van der Waals surface area contributed by atoms with Gasteiger partial charge in [-0.2, -0.15) is 0 Å². The van der Waals surface area contributed by atoms with Crippen molar-refractivity contribution >= 4 is 0 Å². The van der Waals surface area contributed by atoms with E-state index in [1.54, 1.807) is 0 Å². The summed E-state index contributed by atoms with van der Waals surface area (Å²) >= 11 is 0. The third-order valence-corrected chi connectivity index (χ3v) is 3.22. The Labute approximate surface area is 78.0 Å². The minimum absolute atomic E-state index is 0.333. The molecular weight excluding hydrogens is 160 g/mol. The lowest BCUT2D eigenvalue weighted by atomic mass is 9.93. The highest BCUT2D eigenvalue weighted by atomic mass is 16.5. The Hall–Kier alpha value is -1.24. The average Bonchev–Trinajstić information content (AvgIpc) is 2.94. The van der Waals surface area contributed by atoms with Gasteiger partial charge in [0.15, 0.2) is 0 Å². The van der Waals surface area contributed by atoms with Gasteiger partial charge in [0.05, 0.1) is 12.9 Å². The van der Waals surface area contributed by atoms with Crippen LogP contribution in [0.25, 0.3) is 0 Å². The van der Waals surface area contributed by atoms with Crippen LogP contribution in [0.1, 0.15) is 12.0 Å². The third-order valence-electron chi connectivity index (χ3n) is 3.22. The summed E-state index contributed by atoms with van der Waals surface area (Å²) in [5.74, 6) is 0.722. The quantitative estimate of drug-likeness (QED) is 0.632. The highest BCUT2D eigenvalue weighted by Gasteiger charge is 2.54. The zero-order chi connectivity index (χ0) is 8.73. The maximum absolute atomic E-state index is 5.29. The molecular formula is C12H12O. The topological polar surface area (TPSA) is 9.23 Å². The molecule has 0 bridgehead atoms. The van der Waals surface area contributed by atoms with Crippen molar-refractivity contribution in [3.8, 4) is 0 Å². The van der Waals surface area contributed by atoms with Crippen LogP contribution in [0.4, 0.5) is 0 Å². The first kappa shape index (κ1) is 7.19. The van der Waals surface area contributed by atoms with E-state index in [1.807, 2.05) is 6.26 Å². The molecule has 0 N–H and O–H groups in total. The van der Waals surface area contributed by atoms with Crippen LogP contribution in [0.2, 0.25) is 0 Å². The number of fused-ring (bicyclic) bond motifs is 1. The average molecular weight is 172 g/mol. The zero-order valence-corrected chi connectivity index (χ0v) is 7.44. The van der Waals surface area contributed by atoms with Gasteiger partial charge in [0.1, 0.15) is 0 Å². The second-order valence-corrected chi connectivity index (χ2v) is 3.94. The molecule has 0 unspecified atom stereocenters. The van der Waals surface area contributed by atoms with E-state index in [2.05, 4.69) is 36.4 Å². The maximum Gasteiger partial charge on any atom is 0.0913 e. The van der Waals surface area contributed by atoms with Crippen molar-refractivity contribution in [2.24, 2.45) is 5.92 Å². The Kier molecular flexibility index (Phi) is 1.32. The van der Waals surface area contributed by atoms with Gasteiger partial charge in [-0.25, -0.2) is 0 Å². The third kappa shape index (κ3) is 0.932. The van der Waals surface area contributed by atoms with E-state index in [1.165, 1.54) is 12.0 Å². The fraction of sp³-hybridized carbons (Fsp3) is 0.333. The van der Waals surface area contributed by atoms with Crippen LogP contribution < -0.4 is 0 Å². The normalized spacial score (nSPS) is 34.9. The summed E-state index contributed by atoms with van der Waals surface area (Å²) in [6.07, 6.45) is 5.33. The summed E-state index contributed by atoms with van der Waals surface area (Å²) in [5.41, 5.74) is 1.78. The van der Waals surface area contributed by atoms with Crippen molar-refractivity contribution in [1.82, 2.24) is 0 Å². The molecule has 1 fully saturated rings. The Bertz CT molecular complexity index is 341. The number of allylic oxidation sites excluding steroid dienone is 1. The smallest absolute Gasteiger partial charge is 0.0913 e. The van der Waals surface area contributed by atoms with E-state index in [-0.39, 0.29) is 0 Å². The molecule has 1 aromatic carbocycles. The monoisotopic (exact) mass is 172 g/mol. The van der Waals surface area contributed by atoms with Gasteiger partial charge in [-0.15, -0.1) is 0 Å². The fourth-order valence-electron chi connectivity index (χ4n) is 2.30. The predicted molar refractivity (Wildman–Crippen MR) is 51.3 cm³/mol. The van der Waals surface area contributed by atoms with Gasteiger partial charge in [-0.05, 0) is 18.1 Å². The largest absolute Gasteiger partial charge is 0.501 e. The standard InChI is InChI=1S/C12H12O/c1-2-4-10(5-3-1)12-6-7-13-9-11(12)8-12/h1-7,11H,8-9H2/t11-,12-/m1/s1. The predicted octanol–water partition coefficient (Wildman–Crippen LogP) is 2.49. The van der Waals surface area contributed by atoms with Crippen LogP contribution in [0, 0.1) is 5.92 Å². The molecule has 0 saturated heterocycles. The van der Waals surface area contributed by atoms with E-state index in [4.69, 9.17) is 4.74 Å².